The number of rotatable bonds is 41. The fourth-order valence-corrected chi connectivity index (χ4v) is 9.73. The van der Waals surface area contributed by atoms with Crippen molar-refractivity contribution in [3.8, 4) is 11.5 Å². The third-order valence-electron chi connectivity index (χ3n) is 13.2. The Labute approximate surface area is 399 Å². The van der Waals surface area contributed by atoms with Crippen LogP contribution in [0.3, 0.4) is 0 Å². The molecule has 0 aliphatic rings. The molecule has 0 unspecified atom stereocenters. The highest BCUT2D eigenvalue weighted by Crippen LogP contribution is 2.46. The molecule has 4 nitrogen and oxygen atoms in total. The fraction of sp³-hybridized carbons (Fsp3) is 0.695. The van der Waals surface area contributed by atoms with E-state index in [1.54, 1.807) is 0 Å². The van der Waals surface area contributed by atoms with Crippen LogP contribution in [-0.2, 0) is 25.7 Å². The molecule has 3 rings (SSSR count). The lowest BCUT2D eigenvalue weighted by molar-refractivity contribution is 0.197. The number of hydrogen-bond acceptors (Lipinski definition) is 4. The minimum absolute atomic E-state index is 0.0386. The zero-order valence-corrected chi connectivity index (χ0v) is 42.5. The summed E-state index contributed by atoms with van der Waals surface area (Å²) in [5.74, 6) is 1.65. The zero-order chi connectivity index (χ0) is 45.9. The first-order valence-electron chi connectivity index (χ1n) is 27.0. The average molecular weight is 904 g/mol. The van der Waals surface area contributed by atoms with Gasteiger partial charge in [-0.3, -0.25) is 0 Å². The molecule has 5 heteroatoms. The number of hydrogen-bond donors (Lipinski definition) is 2. The Kier molecular flexibility index (Phi) is 31.9. The van der Waals surface area contributed by atoms with Crippen molar-refractivity contribution in [2.24, 2.45) is 0 Å². The van der Waals surface area contributed by atoms with Crippen LogP contribution in [0.25, 0.3) is 0 Å². The van der Waals surface area contributed by atoms with Gasteiger partial charge >= 0.3 is 0 Å². The van der Waals surface area contributed by atoms with Crippen molar-refractivity contribution < 1.29 is 19.7 Å². The third-order valence-corrected chi connectivity index (χ3v) is 13.5. The van der Waals surface area contributed by atoms with Crippen LogP contribution in [0.4, 0.5) is 0 Å². The second-order valence-electron chi connectivity index (χ2n) is 19.0. The number of aliphatic hydroxyl groups excluding tert-OH is 2. The van der Waals surface area contributed by atoms with Gasteiger partial charge in [0.2, 0.25) is 0 Å². The van der Waals surface area contributed by atoms with Gasteiger partial charge in [0, 0.05) is 22.1 Å². The van der Waals surface area contributed by atoms with Gasteiger partial charge in [-0.05, 0) is 91.3 Å². The number of unbranched alkanes of at least 4 members (excludes halogenated alkanes) is 24. The van der Waals surface area contributed by atoms with E-state index in [1.807, 2.05) is 12.1 Å². The lowest BCUT2D eigenvalue weighted by Crippen LogP contribution is -2.15. The van der Waals surface area contributed by atoms with Crippen LogP contribution < -0.4 is 9.47 Å². The Morgan fingerprint density at radius 1 is 0.406 bits per heavy atom. The molecule has 0 spiro atoms. The monoisotopic (exact) mass is 903 g/mol. The predicted octanol–water partition coefficient (Wildman–Crippen LogP) is 17.4. The van der Waals surface area contributed by atoms with Gasteiger partial charge in [-0.2, -0.15) is 0 Å². The lowest BCUT2D eigenvalue weighted by Gasteiger charge is -2.28. The zero-order valence-electron chi connectivity index (χ0n) is 41.7. The van der Waals surface area contributed by atoms with E-state index in [1.165, 1.54) is 189 Å². The fourth-order valence-electron chi connectivity index (χ4n) is 9.60. The maximum atomic E-state index is 10.3. The first-order chi connectivity index (χ1) is 31.5. The standard InChI is InChI=1S/C59H95ClO4/c1-5-9-13-17-21-25-29-33-49-45-52(35-31-27-23-19-15-11-7-3)58(63-43-41-61)55(47-49)57(51-37-39-54(60)40-38-51)56-48-50(34-30-26-22-18-14-10-6-2)46-53(59(56)64-44-42-62)36-32-28-24-20-16-12-8-4/h37-40,45-48,57,61-62H,5-36,41-44H2,1-4H3. The highest BCUT2D eigenvalue weighted by Gasteiger charge is 2.29. The Balaban J connectivity index is 2.23. The molecule has 0 amide bonds. The van der Waals surface area contributed by atoms with E-state index in [-0.39, 0.29) is 32.3 Å². The third kappa shape index (κ3) is 22.3. The second kappa shape index (κ2) is 36.6. The molecule has 2 N–H and O–H groups in total. The lowest BCUT2D eigenvalue weighted by atomic mass is 9.79. The molecule has 0 aliphatic carbocycles. The summed E-state index contributed by atoms with van der Waals surface area (Å²) in [6, 6.07) is 18.2. The van der Waals surface area contributed by atoms with Crippen LogP contribution in [0.1, 0.15) is 252 Å². The highest BCUT2D eigenvalue weighted by atomic mass is 35.5. The van der Waals surface area contributed by atoms with Crippen LogP contribution in [0.15, 0.2) is 48.5 Å². The first kappa shape index (κ1) is 55.8. The van der Waals surface area contributed by atoms with Crippen LogP contribution in [0, 0.1) is 0 Å². The van der Waals surface area contributed by atoms with Gasteiger partial charge in [-0.15, -0.1) is 0 Å². The van der Waals surface area contributed by atoms with Crippen LogP contribution in [0.5, 0.6) is 11.5 Å². The molecule has 0 bridgehead atoms. The Bertz CT molecular complexity index is 1490. The predicted molar refractivity (Wildman–Crippen MR) is 277 cm³/mol. The van der Waals surface area contributed by atoms with Gasteiger partial charge in [0.25, 0.3) is 0 Å². The molecular formula is C59H95ClO4. The van der Waals surface area contributed by atoms with E-state index in [0.29, 0.717) is 0 Å². The summed E-state index contributed by atoms with van der Waals surface area (Å²) in [5.41, 5.74) is 8.72. The summed E-state index contributed by atoms with van der Waals surface area (Å²) in [7, 11) is 0. The molecule has 0 fully saturated rings. The molecule has 3 aromatic carbocycles. The molecule has 0 aromatic heterocycles. The minimum Gasteiger partial charge on any atom is -0.491 e. The molecule has 3 aromatic rings. The number of benzene rings is 3. The van der Waals surface area contributed by atoms with Gasteiger partial charge in [0.1, 0.15) is 24.7 Å². The van der Waals surface area contributed by atoms with Crippen molar-refractivity contribution in [1.82, 2.24) is 0 Å². The summed E-state index contributed by atoms with van der Waals surface area (Å²) < 4.78 is 13.5. The number of aliphatic hydroxyl groups is 2. The van der Waals surface area contributed by atoms with Gasteiger partial charge in [0.05, 0.1) is 13.2 Å². The summed E-state index contributed by atoms with van der Waals surface area (Å²) in [6.45, 7) is 9.57. The van der Waals surface area contributed by atoms with Crippen molar-refractivity contribution in [2.45, 2.75) is 239 Å². The van der Waals surface area contributed by atoms with Crippen LogP contribution >= 0.6 is 11.6 Å². The topological polar surface area (TPSA) is 58.9 Å². The van der Waals surface area contributed by atoms with Crippen LogP contribution in [-0.4, -0.2) is 36.6 Å². The van der Waals surface area contributed by atoms with Crippen molar-refractivity contribution in [1.29, 1.82) is 0 Å². The molecule has 0 heterocycles. The molecule has 0 aliphatic heterocycles. The number of ether oxygens (including phenoxy) is 2. The molecule has 0 atom stereocenters. The molecule has 362 valence electrons. The van der Waals surface area contributed by atoms with E-state index in [0.717, 1.165) is 71.7 Å². The summed E-state index contributed by atoms with van der Waals surface area (Å²) >= 11 is 6.65. The first-order valence-corrected chi connectivity index (χ1v) is 27.4. The van der Waals surface area contributed by atoms with Gasteiger partial charge in [0.15, 0.2) is 0 Å². The normalized spacial score (nSPS) is 11.6. The summed E-state index contributed by atoms with van der Waals surface area (Å²) in [4.78, 5) is 0. The largest absolute Gasteiger partial charge is 0.491 e. The van der Waals surface area contributed by atoms with E-state index >= 15 is 0 Å². The van der Waals surface area contributed by atoms with Gasteiger partial charge in [-0.25, -0.2) is 0 Å². The quantitative estimate of drug-likeness (QED) is 0.0440. The average Bonchev–Trinajstić information content (AvgIpc) is 3.30. The highest BCUT2D eigenvalue weighted by molar-refractivity contribution is 6.30. The summed E-state index contributed by atoms with van der Waals surface area (Å²) in [5, 5.41) is 21.2. The Morgan fingerprint density at radius 2 is 0.719 bits per heavy atom. The number of halogens is 1. The number of aryl methyl sites for hydroxylation is 4. The summed E-state index contributed by atoms with van der Waals surface area (Å²) in [6.07, 6.45) is 39.6. The molecule has 0 saturated heterocycles. The SMILES string of the molecule is CCCCCCCCCc1cc(CCCCCCCCC)c(OCCO)c(C(c2ccc(Cl)cc2)c2cc(CCCCCCCCC)cc(CCCCCCCCC)c2OCCO)c1. The Hall–Kier alpha value is -2.53. The van der Waals surface area contributed by atoms with Crippen molar-refractivity contribution in [3.63, 3.8) is 0 Å². The van der Waals surface area contributed by atoms with E-state index in [9.17, 15) is 10.2 Å². The molecule has 64 heavy (non-hydrogen) atoms. The molecule has 0 radical (unpaired) electrons. The Morgan fingerprint density at radius 3 is 1.05 bits per heavy atom. The maximum absolute atomic E-state index is 10.3. The van der Waals surface area contributed by atoms with E-state index in [2.05, 4.69) is 64.1 Å². The van der Waals surface area contributed by atoms with Crippen molar-refractivity contribution in [3.05, 3.63) is 92.5 Å². The van der Waals surface area contributed by atoms with Gasteiger partial charge < -0.3 is 19.7 Å². The molecule has 0 saturated carbocycles. The van der Waals surface area contributed by atoms with Crippen molar-refractivity contribution >= 4 is 11.6 Å². The van der Waals surface area contributed by atoms with Crippen LogP contribution in [0.2, 0.25) is 5.02 Å². The van der Waals surface area contributed by atoms with Gasteiger partial charge in [-0.1, -0.05) is 230 Å². The minimum atomic E-state index is -0.191. The maximum Gasteiger partial charge on any atom is 0.126 e. The molecular weight excluding hydrogens is 808 g/mol. The van der Waals surface area contributed by atoms with E-state index in [4.69, 9.17) is 21.1 Å². The van der Waals surface area contributed by atoms with Crippen molar-refractivity contribution in [2.75, 3.05) is 26.4 Å². The van der Waals surface area contributed by atoms with E-state index < -0.39 is 0 Å². The second-order valence-corrected chi connectivity index (χ2v) is 19.4. The smallest absolute Gasteiger partial charge is 0.126 e.